The predicted molar refractivity (Wildman–Crippen MR) is 56.1 cm³/mol. The first-order valence-corrected chi connectivity index (χ1v) is 4.75. The van der Waals surface area contributed by atoms with Crippen LogP contribution >= 0.6 is 11.6 Å². The molecule has 0 spiro atoms. The van der Waals surface area contributed by atoms with Crippen molar-refractivity contribution >= 4 is 17.6 Å². The number of hydrogen-bond acceptors (Lipinski definition) is 5. The van der Waals surface area contributed by atoms with E-state index in [-0.39, 0.29) is 10.7 Å². The van der Waals surface area contributed by atoms with Crippen molar-refractivity contribution < 1.29 is 13.9 Å². The summed E-state index contributed by atoms with van der Waals surface area (Å²) >= 11 is 5.83. The van der Waals surface area contributed by atoms with Gasteiger partial charge in [0.25, 0.3) is 0 Å². The van der Waals surface area contributed by atoms with Gasteiger partial charge in [0.15, 0.2) is 11.6 Å². The minimum Gasteiger partial charge on any atom is -0.465 e. The van der Waals surface area contributed by atoms with Gasteiger partial charge in [0.1, 0.15) is 10.7 Å². The van der Waals surface area contributed by atoms with Crippen LogP contribution in [-0.4, -0.2) is 23.0 Å². The maximum absolute atomic E-state index is 11.2. The number of esters is 1. The van der Waals surface area contributed by atoms with Gasteiger partial charge in [-0.05, 0) is 12.1 Å². The zero-order valence-electron chi connectivity index (χ0n) is 8.31. The molecule has 0 saturated carbocycles. The lowest BCUT2D eigenvalue weighted by Crippen LogP contribution is -2.04. The number of furan rings is 1. The fraction of sp³-hybridized carbons (Fsp3) is 0.100. The van der Waals surface area contributed by atoms with Gasteiger partial charge in [0.05, 0.1) is 13.4 Å². The van der Waals surface area contributed by atoms with Gasteiger partial charge >= 0.3 is 5.97 Å². The number of methoxy groups -OCH3 is 1. The summed E-state index contributed by atoms with van der Waals surface area (Å²) in [5.74, 6) is 0.233. The number of carbonyl (C=O) groups is 1. The SMILES string of the molecule is COC(=O)c1cnc(-c2ccco2)nc1Cl. The third-order valence-electron chi connectivity index (χ3n) is 1.89. The van der Waals surface area contributed by atoms with E-state index in [1.165, 1.54) is 19.6 Å². The Hall–Kier alpha value is -1.88. The first-order valence-electron chi connectivity index (χ1n) is 4.37. The fourth-order valence-electron chi connectivity index (χ4n) is 1.13. The van der Waals surface area contributed by atoms with Crippen LogP contribution in [0.25, 0.3) is 11.6 Å². The Bertz CT molecular complexity index is 511. The molecule has 0 N–H and O–H groups in total. The lowest BCUT2D eigenvalue weighted by molar-refractivity contribution is 0.0600. The molecule has 0 aliphatic rings. The molecule has 0 atom stereocenters. The number of carbonyl (C=O) groups excluding carboxylic acids is 1. The van der Waals surface area contributed by atoms with Gasteiger partial charge in [-0.1, -0.05) is 11.6 Å². The minimum absolute atomic E-state index is 0.0354. The van der Waals surface area contributed by atoms with Crippen molar-refractivity contribution in [1.82, 2.24) is 9.97 Å². The highest BCUT2D eigenvalue weighted by Crippen LogP contribution is 2.19. The highest BCUT2D eigenvalue weighted by molar-refractivity contribution is 6.32. The maximum atomic E-state index is 11.2. The van der Waals surface area contributed by atoms with E-state index in [0.717, 1.165) is 0 Å². The van der Waals surface area contributed by atoms with E-state index in [9.17, 15) is 4.79 Å². The molecule has 0 fully saturated rings. The second-order valence-corrected chi connectivity index (χ2v) is 3.22. The zero-order valence-corrected chi connectivity index (χ0v) is 9.06. The molecule has 0 aliphatic heterocycles. The van der Waals surface area contributed by atoms with Gasteiger partial charge < -0.3 is 9.15 Å². The summed E-state index contributed by atoms with van der Waals surface area (Å²) in [5.41, 5.74) is 0.125. The van der Waals surface area contributed by atoms with E-state index in [1.54, 1.807) is 12.1 Å². The Morgan fingerprint density at radius 3 is 2.94 bits per heavy atom. The van der Waals surface area contributed by atoms with Crippen molar-refractivity contribution in [3.05, 3.63) is 35.3 Å². The van der Waals surface area contributed by atoms with E-state index >= 15 is 0 Å². The van der Waals surface area contributed by atoms with Gasteiger partial charge in [-0.25, -0.2) is 14.8 Å². The smallest absolute Gasteiger partial charge is 0.342 e. The van der Waals surface area contributed by atoms with Crippen molar-refractivity contribution in [2.75, 3.05) is 7.11 Å². The van der Waals surface area contributed by atoms with Crippen molar-refractivity contribution in [3.63, 3.8) is 0 Å². The molecule has 2 aromatic heterocycles. The molecule has 16 heavy (non-hydrogen) atoms. The first kappa shape index (κ1) is 10.6. The van der Waals surface area contributed by atoms with E-state index in [1.807, 2.05) is 0 Å². The van der Waals surface area contributed by atoms with Crippen LogP contribution in [0.5, 0.6) is 0 Å². The Morgan fingerprint density at radius 1 is 1.56 bits per heavy atom. The van der Waals surface area contributed by atoms with E-state index in [2.05, 4.69) is 14.7 Å². The molecule has 5 nitrogen and oxygen atoms in total. The minimum atomic E-state index is -0.573. The standard InChI is InChI=1S/C10H7ClN2O3/c1-15-10(14)6-5-12-9(13-8(6)11)7-3-2-4-16-7/h2-5H,1H3. The Labute approximate surface area is 96.0 Å². The summed E-state index contributed by atoms with van der Waals surface area (Å²) in [4.78, 5) is 19.1. The lowest BCUT2D eigenvalue weighted by atomic mass is 10.3. The van der Waals surface area contributed by atoms with Crippen LogP contribution in [0.1, 0.15) is 10.4 Å². The highest BCUT2D eigenvalue weighted by Gasteiger charge is 2.14. The summed E-state index contributed by atoms with van der Waals surface area (Å²) in [5, 5.41) is 0.0354. The van der Waals surface area contributed by atoms with Crippen molar-refractivity contribution in [1.29, 1.82) is 0 Å². The van der Waals surface area contributed by atoms with E-state index < -0.39 is 5.97 Å². The number of aromatic nitrogens is 2. The molecular weight excluding hydrogens is 232 g/mol. The molecule has 6 heteroatoms. The fourth-order valence-corrected chi connectivity index (χ4v) is 1.34. The van der Waals surface area contributed by atoms with Crippen LogP contribution in [0.3, 0.4) is 0 Å². The number of halogens is 1. The van der Waals surface area contributed by atoms with Gasteiger partial charge in [-0.3, -0.25) is 0 Å². The van der Waals surface area contributed by atoms with E-state index in [0.29, 0.717) is 11.6 Å². The largest absolute Gasteiger partial charge is 0.465 e. The van der Waals surface area contributed by atoms with Gasteiger partial charge in [-0.15, -0.1) is 0 Å². The summed E-state index contributed by atoms with van der Waals surface area (Å²) in [6, 6.07) is 3.41. The number of nitrogens with zero attached hydrogens (tertiary/aromatic N) is 2. The molecule has 0 radical (unpaired) electrons. The molecule has 0 bridgehead atoms. The van der Waals surface area contributed by atoms with Crippen LogP contribution in [0, 0.1) is 0 Å². The number of rotatable bonds is 2. The zero-order chi connectivity index (χ0) is 11.5. The molecule has 2 aromatic rings. The first-order chi connectivity index (χ1) is 7.72. The predicted octanol–water partition coefficient (Wildman–Crippen LogP) is 2.18. The maximum Gasteiger partial charge on any atom is 0.342 e. The average Bonchev–Trinajstić information content (AvgIpc) is 2.81. The third-order valence-corrected chi connectivity index (χ3v) is 2.18. The molecule has 82 valence electrons. The molecule has 0 amide bonds. The van der Waals surface area contributed by atoms with Crippen molar-refractivity contribution in [2.24, 2.45) is 0 Å². The second-order valence-electron chi connectivity index (χ2n) is 2.87. The highest BCUT2D eigenvalue weighted by atomic mass is 35.5. The van der Waals surface area contributed by atoms with E-state index in [4.69, 9.17) is 16.0 Å². The van der Waals surface area contributed by atoms with Crippen LogP contribution in [0.2, 0.25) is 5.15 Å². The summed E-state index contributed by atoms with van der Waals surface area (Å²) < 4.78 is 9.62. The molecule has 0 aromatic carbocycles. The lowest BCUT2D eigenvalue weighted by Gasteiger charge is -2.01. The number of ether oxygens (including phenoxy) is 1. The van der Waals surface area contributed by atoms with Crippen molar-refractivity contribution in [3.8, 4) is 11.6 Å². The van der Waals surface area contributed by atoms with Crippen LogP contribution in [-0.2, 0) is 4.74 Å². The molecule has 0 saturated heterocycles. The third kappa shape index (κ3) is 1.90. The average molecular weight is 239 g/mol. The quantitative estimate of drug-likeness (QED) is 0.593. The molecule has 2 heterocycles. The summed E-state index contributed by atoms with van der Waals surface area (Å²) in [6.45, 7) is 0. The second kappa shape index (κ2) is 4.32. The molecule has 2 rings (SSSR count). The summed E-state index contributed by atoms with van der Waals surface area (Å²) in [6.07, 6.45) is 2.81. The Balaban J connectivity index is 2.41. The normalized spacial score (nSPS) is 10.1. The topological polar surface area (TPSA) is 65.2 Å². The molecule has 0 unspecified atom stereocenters. The van der Waals surface area contributed by atoms with Gasteiger partial charge in [-0.2, -0.15) is 0 Å². The molecule has 0 aliphatic carbocycles. The van der Waals surface area contributed by atoms with Crippen LogP contribution in [0.4, 0.5) is 0 Å². The van der Waals surface area contributed by atoms with Crippen LogP contribution < -0.4 is 0 Å². The van der Waals surface area contributed by atoms with Gasteiger partial charge in [0.2, 0.25) is 0 Å². The molecular formula is C10H7ClN2O3. The summed E-state index contributed by atoms with van der Waals surface area (Å²) in [7, 11) is 1.26. The van der Waals surface area contributed by atoms with Gasteiger partial charge in [0, 0.05) is 6.20 Å². The van der Waals surface area contributed by atoms with Crippen molar-refractivity contribution in [2.45, 2.75) is 0 Å². The number of hydrogen-bond donors (Lipinski definition) is 0. The Morgan fingerprint density at radius 2 is 2.38 bits per heavy atom. The van der Waals surface area contributed by atoms with Crippen LogP contribution in [0.15, 0.2) is 29.0 Å². The Kier molecular flexibility index (Phi) is 2.87. The monoisotopic (exact) mass is 238 g/mol.